The number of oxime groups is 1. The molecule has 0 bridgehead atoms. The molecule has 0 saturated carbocycles. The number of anilines is 1. The molecule has 1 aliphatic rings. The van der Waals surface area contributed by atoms with Crippen LogP contribution in [0, 0.1) is 6.92 Å². The average molecular weight is 458 g/mol. The van der Waals surface area contributed by atoms with Gasteiger partial charge in [0.2, 0.25) is 0 Å². The maximum atomic E-state index is 14.8. The number of halogens is 2. The molecule has 2 aromatic rings. The number of aromatic nitrogens is 2. The third-order valence-electron chi connectivity index (χ3n) is 4.67. The Kier molecular flexibility index (Phi) is 6.93. The number of nitrogens with one attached hydrogen (secondary N) is 2. The van der Waals surface area contributed by atoms with Gasteiger partial charge in [0, 0.05) is 17.8 Å². The first kappa shape index (κ1) is 22.0. The topological polar surface area (TPSA) is 109 Å². The second-order valence-electron chi connectivity index (χ2n) is 6.60. The van der Waals surface area contributed by atoms with Gasteiger partial charge in [-0.3, -0.25) is 4.79 Å². The number of aryl methyl sites for hydroxylation is 1. The summed E-state index contributed by atoms with van der Waals surface area (Å²) in [4.78, 5) is 38.1. The fraction of sp³-hybridized carbons (Fsp3) is 0.444. The van der Waals surface area contributed by atoms with Crippen LogP contribution in [0.25, 0.3) is 0 Å². The van der Waals surface area contributed by atoms with Gasteiger partial charge in [-0.25, -0.2) is 14.2 Å². The molecule has 0 spiro atoms. The van der Waals surface area contributed by atoms with Crippen LogP contribution in [0.15, 0.2) is 11.4 Å². The molecular formula is C18H21ClFN5O4S. The highest BCUT2D eigenvalue weighted by Gasteiger charge is 2.33. The van der Waals surface area contributed by atoms with Crippen LogP contribution < -0.4 is 10.2 Å². The molecule has 162 valence electrons. The fourth-order valence-corrected chi connectivity index (χ4v) is 4.17. The Morgan fingerprint density at radius 3 is 2.93 bits per heavy atom. The van der Waals surface area contributed by atoms with Crippen LogP contribution in [-0.2, 0) is 9.57 Å². The molecule has 3 heterocycles. The first-order chi connectivity index (χ1) is 14.3. The third kappa shape index (κ3) is 4.57. The monoisotopic (exact) mass is 457 g/mol. The standard InChI is InChI=1S/C18H21ClFN5O4S/c1-9-14(19)10(6-22-29-3)15(23-9)16(26)24-12-4-5-25(8-11(12)20)18-21-7-13(30-18)17(27)28-2/h6-7,11-12,23H,4-5,8H2,1-3H3,(H,24,26)/b22-6+/t11-,12+/m0/s1. The Morgan fingerprint density at radius 1 is 1.50 bits per heavy atom. The average Bonchev–Trinajstić information content (AvgIpc) is 3.33. The van der Waals surface area contributed by atoms with Crippen molar-refractivity contribution in [1.29, 1.82) is 0 Å². The summed E-state index contributed by atoms with van der Waals surface area (Å²) in [6.45, 7) is 2.24. The van der Waals surface area contributed by atoms with Gasteiger partial charge in [0.15, 0.2) is 5.13 Å². The van der Waals surface area contributed by atoms with Crippen LogP contribution in [-0.4, -0.2) is 67.6 Å². The van der Waals surface area contributed by atoms with E-state index >= 15 is 0 Å². The van der Waals surface area contributed by atoms with Gasteiger partial charge in [0.1, 0.15) is 23.9 Å². The van der Waals surface area contributed by atoms with Gasteiger partial charge in [-0.15, -0.1) is 0 Å². The number of ether oxygens (including phenoxy) is 1. The molecule has 2 aromatic heterocycles. The van der Waals surface area contributed by atoms with Crippen molar-refractivity contribution >= 4 is 46.2 Å². The molecule has 0 radical (unpaired) electrons. The van der Waals surface area contributed by atoms with E-state index in [0.717, 1.165) is 11.3 Å². The smallest absolute Gasteiger partial charge is 0.349 e. The van der Waals surface area contributed by atoms with Crippen molar-refractivity contribution in [3.63, 3.8) is 0 Å². The van der Waals surface area contributed by atoms with Gasteiger partial charge in [-0.2, -0.15) is 0 Å². The second-order valence-corrected chi connectivity index (χ2v) is 7.99. The third-order valence-corrected chi connectivity index (χ3v) is 6.20. The van der Waals surface area contributed by atoms with Gasteiger partial charge in [0.25, 0.3) is 5.91 Å². The van der Waals surface area contributed by atoms with Crippen molar-refractivity contribution in [2.24, 2.45) is 5.16 Å². The maximum absolute atomic E-state index is 14.8. The Morgan fingerprint density at radius 2 is 2.27 bits per heavy atom. The summed E-state index contributed by atoms with van der Waals surface area (Å²) in [5.41, 5.74) is 1.16. The molecule has 2 N–H and O–H groups in total. The number of rotatable bonds is 6. The molecule has 1 fully saturated rings. The highest BCUT2D eigenvalue weighted by atomic mass is 35.5. The Bertz CT molecular complexity index is 963. The Hall–Kier alpha value is -2.66. The van der Waals surface area contributed by atoms with Crippen LogP contribution in [0.4, 0.5) is 9.52 Å². The Labute approximate surface area is 181 Å². The van der Waals surface area contributed by atoms with Gasteiger partial charge in [-0.05, 0) is 13.3 Å². The molecule has 0 unspecified atom stereocenters. The Balaban J connectivity index is 1.66. The van der Waals surface area contributed by atoms with Crippen LogP contribution in [0.1, 0.15) is 37.8 Å². The van der Waals surface area contributed by atoms with Crippen molar-refractivity contribution in [3.05, 3.63) is 33.0 Å². The van der Waals surface area contributed by atoms with E-state index in [0.29, 0.717) is 39.3 Å². The van der Waals surface area contributed by atoms with Crippen molar-refractivity contribution in [2.75, 3.05) is 32.2 Å². The zero-order valence-corrected chi connectivity index (χ0v) is 18.1. The van der Waals surface area contributed by atoms with E-state index in [-0.39, 0.29) is 12.2 Å². The number of thiazole rings is 1. The van der Waals surface area contributed by atoms with Crippen LogP contribution in [0.2, 0.25) is 5.02 Å². The lowest BCUT2D eigenvalue weighted by molar-refractivity contribution is 0.0606. The molecule has 0 aromatic carbocycles. The molecule has 1 saturated heterocycles. The second kappa shape index (κ2) is 9.43. The van der Waals surface area contributed by atoms with E-state index in [4.69, 9.17) is 11.6 Å². The van der Waals surface area contributed by atoms with Crippen molar-refractivity contribution in [2.45, 2.75) is 25.6 Å². The summed E-state index contributed by atoms with van der Waals surface area (Å²) >= 11 is 7.35. The molecule has 2 atom stereocenters. The highest BCUT2D eigenvalue weighted by molar-refractivity contribution is 7.17. The normalized spacial score (nSPS) is 19.2. The molecule has 0 aliphatic carbocycles. The zero-order valence-electron chi connectivity index (χ0n) is 16.6. The number of amides is 1. The van der Waals surface area contributed by atoms with Crippen LogP contribution >= 0.6 is 22.9 Å². The summed E-state index contributed by atoms with van der Waals surface area (Å²) in [6, 6.07) is -0.677. The first-order valence-corrected chi connectivity index (χ1v) is 10.2. The predicted molar refractivity (Wildman–Crippen MR) is 112 cm³/mol. The number of hydrogen-bond donors (Lipinski definition) is 2. The lowest BCUT2D eigenvalue weighted by Gasteiger charge is -2.34. The van der Waals surface area contributed by atoms with Gasteiger partial charge in [-0.1, -0.05) is 28.1 Å². The molecule has 12 heteroatoms. The van der Waals surface area contributed by atoms with Crippen molar-refractivity contribution in [1.82, 2.24) is 15.3 Å². The van der Waals surface area contributed by atoms with E-state index in [1.54, 1.807) is 11.8 Å². The first-order valence-electron chi connectivity index (χ1n) is 9.04. The van der Waals surface area contributed by atoms with Crippen LogP contribution in [0.5, 0.6) is 0 Å². The number of H-pyrrole nitrogens is 1. The summed E-state index contributed by atoms with van der Waals surface area (Å²) in [6.07, 6.45) is 1.79. The predicted octanol–water partition coefficient (Wildman–Crippen LogP) is 2.55. The molecule has 3 rings (SSSR count). The summed E-state index contributed by atoms with van der Waals surface area (Å²) in [5.74, 6) is -0.962. The largest absolute Gasteiger partial charge is 0.465 e. The minimum absolute atomic E-state index is 0.0432. The minimum Gasteiger partial charge on any atom is -0.465 e. The molecule has 1 amide bonds. The number of piperidine rings is 1. The highest BCUT2D eigenvalue weighted by Crippen LogP contribution is 2.28. The number of alkyl halides is 1. The molecule has 30 heavy (non-hydrogen) atoms. The molecule has 9 nitrogen and oxygen atoms in total. The lowest BCUT2D eigenvalue weighted by atomic mass is 10.0. The quantitative estimate of drug-likeness (QED) is 0.392. The number of carbonyl (C=O) groups excluding carboxylic acids is 2. The zero-order chi connectivity index (χ0) is 21.8. The van der Waals surface area contributed by atoms with Crippen molar-refractivity contribution in [3.8, 4) is 0 Å². The van der Waals surface area contributed by atoms with E-state index in [9.17, 15) is 14.0 Å². The van der Waals surface area contributed by atoms with Gasteiger partial charge < -0.3 is 24.8 Å². The van der Waals surface area contributed by atoms with Crippen LogP contribution in [0.3, 0.4) is 0 Å². The number of nitrogens with zero attached hydrogens (tertiary/aromatic N) is 3. The maximum Gasteiger partial charge on any atom is 0.349 e. The van der Waals surface area contributed by atoms with Gasteiger partial charge >= 0.3 is 5.97 Å². The van der Waals surface area contributed by atoms with Crippen molar-refractivity contribution < 1.29 is 23.6 Å². The molecular weight excluding hydrogens is 437 g/mol. The van der Waals surface area contributed by atoms with E-state index < -0.39 is 24.1 Å². The number of carbonyl (C=O) groups is 2. The van der Waals surface area contributed by atoms with E-state index in [1.165, 1.54) is 26.6 Å². The lowest BCUT2D eigenvalue weighted by Crippen LogP contribution is -2.52. The summed E-state index contributed by atoms with van der Waals surface area (Å²) < 4.78 is 19.5. The number of aromatic amines is 1. The van der Waals surface area contributed by atoms with E-state index in [2.05, 4.69) is 30.0 Å². The summed E-state index contributed by atoms with van der Waals surface area (Å²) in [5, 5.41) is 7.26. The number of hydrogen-bond acceptors (Lipinski definition) is 8. The number of esters is 1. The number of methoxy groups -OCH3 is 1. The fourth-order valence-electron chi connectivity index (χ4n) is 3.11. The van der Waals surface area contributed by atoms with Gasteiger partial charge in [0.05, 0.1) is 37.1 Å². The molecule has 1 aliphatic heterocycles. The van der Waals surface area contributed by atoms with E-state index in [1.807, 2.05) is 0 Å². The minimum atomic E-state index is -1.32. The SMILES string of the molecule is CO/N=C/c1c(C(=O)N[C@@H]2CCN(c3ncc(C(=O)OC)s3)C[C@@H]2F)[nH]c(C)c1Cl. The summed E-state index contributed by atoms with van der Waals surface area (Å²) in [7, 11) is 2.67.